The van der Waals surface area contributed by atoms with E-state index in [9.17, 15) is 9.18 Å². The molecule has 3 aromatic carbocycles. The summed E-state index contributed by atoms with van der Waals surface area (Å²) in [7, 11) is 3.12. The van der Waals surface area contributed by atoms with Crippen LogP contribution in [0, 0.1) is 12.7 Å². The van der Waals surface area contributed by atoms with Gasteiger partial charge in [0.15, 0.2) is 16.7 Å². The van der Waals surface area contributed by atoms with E-state index in [1.165, 1.54) is 23.9 Å². The van der Waals surface area contributed by atoms with E-state index in [4.69, 9.17) is 14.2 Å². The number of thioether (sulfide) groups is 1. The predicted octanol–water partition coefficient (Wildman–Crippen LogP) is 5.62. The molecule has 4 rings (SSSR count). The molecule has 1 aliphatic heterocycles. The van der Waals surface area contributed by atoms with Crippen molar-refractivity contribution in [3.63, 3.8) is 0 Å². The van der Waals surface area contributed by atoms with Crippen LogP contribution >= 0.6 is 11.8 Å². The third kappa shape index (κ3) is 5.58. The van der Waals surface area contributed by atoms with Gasteiger partial charge in [-0.2, -0.15) is 0 Å². The number of nitrogens with zero attached hydrogens (tertiary/aromatic N) is 1. The molecular formula is C26H23FN2O4S. The van der Waals surface area contributed by atoms with Crippen LogP contribution in [0.4, 0.5) is 10.1 Å². The van der Waals surface area contributed by atoms with Crippen LogP contribution in [0.5, 0.6) is 17.2 Å². The first-order chi connectivity index (χ1) is 16.4. The third-order valence-corrected chi connectivity index (χ3v) is 5.89. The Bertz CT molecular complexity index is 1290. The van der Waals surface area contributed by atoms with Crippen molar-refractivity contribution < 1.29 is 23.4 Å². The topological polar surface area (TPSA) is 69.2 Å². The van der Waals surface area contributed by atoms with E-state index in [0.717, 1.165) is 11.1 Å². The van der Waals surface area contributed by atoms with Gasteiger partial charge in [0.2, 0.25) is 0 Å². The number of carbonyl (C=O) groups excluding carboxylic acids is 1. The van der Waals surface area contributed by atoms with Gasteiger partial charge >= 0.3 is 0 Å². The Morgan fingerprint density at radius 1 is 1.00 bits per heavy atom. The standard InChI is InChI=1S/C26H23FN2O4S/c1-16-7-9-21(31-2)20(11-16)28-26-29-25(30)24(34-26)14-17-8-10-22(23(13-17)32-3)33-15-18-5-4-6-19(27)12-18/h4-14H,15H2,1-3H3,(H,28,29,30)/b24-14-. The molecule has 0 saturated carbocycles. The average Bonchev–Trinajstić information content (AvgIpc) is 3.16. The van der Waals surface area contributed by atoms with Crippen LogP contribution in [0.25, 0.3) is 6.08 Å². The Balaban J connectivity index is 1.51. The molecule has 8 heteroatoms. The van der Waals surface area contributed by atoms with E-state index in [1.54, 1.807) is 44.6 Å². The van der Waals surface area contributed by atoms with E-state index in [2.05, 4.69) is 10.3 Å². The fourth-order valence-corrected chi connectivity index (χ4v) is 4.14. The zero-order chi connectivity index (χ0) is 24.1. The lowest BCUT2D eigenvalue weighted by Crippen LogP contribution is -2.19. The molecule has 0 bridgehead atoms. The van der Waals surface area contributed by atoms with Gasteiger partial charge in [-0.1, -0.05) is 24.3 Å². The lowest BCUT2D eigenvalue weighted by atomic mass is 10.2. The van der Waals surface area contributed by atoms with Crippen molar-refractivity contribution >= 4 is 34.6 Å². The fourth-order valence-electron chi connectivity index (χ4n) is 3.31. The molecular weight excluding hydrogens is 455 g/mol. The number of aryl methyl sites for hydroxylation is 1. The van der Waals surface area contributed by atoms with Gasteiger partial charge in [0.25, 0.3) is 5.91 Å². The Morgan fingerprint density at radius 2 is 1.79 bits per heavy atom. The number of rotatable bonds is 7. The molecule has 0 atom stereocenters. The zero-order valence-corrected chi connectivity index (χ0v) is 19.7. The minimum absolute atomic E-state index is 0.203. The van der Waals surface area contributed by atoms with Gasteiger partial charge in [-0.25, -0.2) is 9.38 Å². The highest BCUT2D eigenvalue weighted by Gasteiger charge is 2.24. The molecule has 1 N–H and O–H groups in total. The Kier molecular flexibility index (Phi) is 7.18. The highest BCUT2D eigenvalue weighted by Crippen LogP contribution is 2.34. The van der Waals surface area contributed by atoms with Crippen LogP contribution in [0.2, 0.25) is 0 Å². The van der Waals surface area contributed by atoms with Gasteiger partial charge in [0, 0.05) is 0 Å². The van der Waals surface area contributed by atoms with Crippen molar-refractivity contribution in [2.24, 2.45) is 4.99 Å². The van der Waals surface area contributed by atoms with Crippen LogP contribution in [-0.4, -0.2) is 25.3 Å². The maximum Gasteiger partial charge on any atom is 0.264 e. The zero-order valence-electron chi connectivity index (χ0n) is 18.9. The first kappa shape index (κ1) is 23.4. The molecule has 34 heavy (non-hydrogen) atoms. The third-order valence-electron chi connectivity index (χ3n) is 4.98. The molecule has 3 aromatic rings. The van der Waals surface area contributed by atoms with Gasteiger partial charge in [0.05, 0.1) is 19.1 Å². The monoisotopic (exact) mass is 478 g/mol. The lowest BCUT2D eigenvalue weighted by Gasteiger charge is -2.11. The quantitative estimate of drug-likeness (QED) is 0.446. The number of aliphatic imine (C=N–C) groups is 1. The second-order valence-electron chi connectivity index (χ2n) is 7.49. The summed E-state index contributed by atoms with van der Waals surface area (Å²) in [6.45, 7) is 2.17. The minimum atomic E-state index is -0.314. The lowest BCUT2D eigenvalue weighted by molar-refractivity contribution is -0.115. The summed E-state index contributed by atoms with van der Waals surface area (Å²) >= 11 is 1.25. The summed E-state index contributed by atoms with van der Waals surface area (Å²) in [6, 6.07) is 17.3. The van der Waals surface area contributed by atoms with Gasteiger partial charge in [-0.05, 0) is 77.9 Å². The number of hydrogen-bond donors (Lipinski definition) is 1. The number of amides is 1. The average molecular weight is 479 g/mol. The Morgan fingerprint density at radius 3 is 2.56 bits per heavy atom. The van der Waals surface area contributed by atoms with Gasteiger partial charge < -0.3 is 19.5 Å². The number of hydrogen-bond acceptors (Lipinski definition) is 6. The summed E-state index contributed by atoms with van der Waals surface area (Å²) in [5, 5.41) is 3.26. The van der Waals surface area contributed by atoms with Crippen molar-refractivity contribution in [3.8, 4) is 17.2 Å². The predicted molar refractivity (Wildman–Crippen MR) is 132 cm³/mol. The molecule has 1 heterocycles. The number of carbonyl (C=O) groups is 1. The number of ether oxygens (including phenoxy) is 3. The molecule has 174 valence electrons. The van der Waals surface area contributed by atoms with Crippen molar-refractivity contribution in [1.82, 2.24) is 5.32 Å². The summed E-state index contributed by atoms with van der Waals surface area (Å²) in [5.74, 6) is 1.11. The summed E-state index contributed by atoms with van der Waals surface area (Å²) in [4.78, 5) is 17.6. The van der Waals surface area contributed by atoms with Crippen molar-refractivity contribution in [3.05, 3.63) is 88.1 Å². The first-order valence-corrected chi connectivity index (χ1v) is 11.3. The SMILES string of the molecule is COc1ccc(C)cc1N=C1NC(=O)/C(=C/c2ccc(OCc3cccc(F)c3)c(OC)c2)S1. The van der Waals surface area contributed by atoms with E-state index in [0.29, 0.717) is 38.6 Å². The largest absolute Gasteiger partial charge is 0.494 e. The minimum Gasteiger partial charge on any atom is -0.494 e. The van der Waals surface area contributed by atoms with Crippen LogP contribution in [-0.2, 0) is 11.4 Å². The van der Waals surface area contributed by atoms with E-state index >= 15 is 0 Å². The Labute approximate surface area is 201 Å². The van der Waals surface area contributed by atoms with Gasteiger partial charge in [-0.15, -0.1) is 0 Å². The summed E-state index contributed by atoms with van der Waals surface area (Å²) in [6.07, 6.45) is 1.76. The van der Waals surface area contributed by atoms with E-state index < -0.39 is 0 Å². The molecule has 1 aliphatic rings. The first-order valence-electron chi connectivity index (χ1n) is 10.4. The normalized spacial score (nSPS) is 15.5. The molecule has 1 saturated heterocycles. The molecule has 0 spiro atoms. The maximum atomic E-state index is 13.4. The molecule has 1 fully saturated rings. The number of nitrogens with one attached hydrogen (secondary N) is 1. The number of amidine groups is 1. The van der Waals surface area contributed by atoms with Crippen molar-refractivity contribution in [1.29, 1.82) is 0 Å². The second kappa shape index (κ2) is 10.4. The molecule has 1 amide bonds. The van der Waals surface area contributed by atoms with Crippen LogP contribution < -0.4 is 19.5 Å². The Hall–Kier alpha value is -3.78. The van der Waals surface area contributed by atoms with Crippen molar-refractivity contribution in [2.45, 2.75) is 13.5 Å². The van der Waals surface area contributed by atoms with Gasteiger partial charge in [0.1, 0.15) is 23.9 Å². The van der Waals surface area contributed by atoms with E-state index in [-0.39, 0.29) is 18.3 Å². The molecule has 0 aromatic heterocycles. The second-order valence-corrected chi connectivity index (χ2v) is 8.52. The maximum absolute atomic E-state index is 13.4. The molecule has 0 unspecified atom stereocenters. The van der Waals surface area contributed by atoms with Crippen LogP contribution in [0.3, 0.4) is 0 Å². The number of methoxy groups -OCH3 is 2. The molecule has 0 aliphatic carbocycles. The molecule has 6 nitrogen and oxygen atoms in total. The highest BCUT2D eigenvalue weighted by molar-refractivity contribution is 8.18. The molecule has 0 radical (unpaired) electrons. The van der Waals surface area contributed by atoms with E-state index in [1.807, 2.05) is 31.2 Å². The summed E-state index contributed by atoms with van der Waals surface area (Å²) < 4.78 is 30.0. The number of benzene rings is 3. The fraction of sp³-hybridized carbons (Fsp3) is 0.154. The number of halogens is 1. The van der Waals surface area contributed by atoms with Crippen LogP contribution in [0.15, 0.2) is 70.6 Å². The highest BCUT2D eigenvalue weighted by atomic mass is 32.2. The van der Waals surface area contributed by atoms with Crippen LogP contribution in [0.1, 0.15) is 16.7 Å². The summed E-state index contributed by atoms with van der Waals surface area (Å²) in [5.41, 5.74) is 3.16. The van der Waals surface area contributed by atoms with Gasteiger partial charge in [-0.3, -0.25) is 4.79 Å². The smallest absolute Gasteiger partial charge is 0.264 e. The van der Waals surface area contributed by atoms with Crippen molar-refractivity contribution in [2.75, 3.05) is 14.2 Å².